The Kier molecular flexibility index (Phi) is 4.70. The van der Waals surface area contributed by atoms with Gasteiger partial charge in [-0.1, -0.05) is 6.07 Å². The number of amides is 1. The molecule has 1 amide bonds. The predicted molar refractivity (Wildman–Crippen MR) is 73.6 cm³/mol. The van der Waals surface area contributed by atoms with Gasteiger partial charge in [-0.15, -0.1) is 0 Å². The van der Waals surface area contributed by atoms with Gasteiger partial charge in [0.2, 0.25) is 0 Å². The van der Waals surface area contributed by atoms with Crippen LogP contribution in [0.5, 0.6) is 0 Å². The normalized spacial score (nSPS) is 18.9. The van der Waals surface area contributed by atoms with E-state index >= 15 is 0 Å². The maximum absolute atomic E-state index is 14.0. The minimum atomic E-state index is -0.799. The van der Waals surface area contributed by atoms with E-state index in [1.54, 1.807) is 7.05 Å². The summed E-state index contributed by atoms with van der Waals surface area (Å²) in [5.74, 6) is -1.81. The Hall–Kier alpha value is -1.49. The maximum Gasteiger partial charge on any atom is 0.259 e. The summed E-state index contributed by atoms with van der Waals surface area (Å²) in [4.78, 5) is 13.7. The van der Waals surface area contributed by atoms with Gasteiger partial charge in [0.1, 0.15) is 17.2 Å². The number of hydrogen-bond donors (Lipinski definition) is 1. The number of aryl methyl sites for hydroxylation is 1. The molecule has 1 aromatic carbocycles. The van der Waals surface area contributed by atoms with Crippen molar-refractivity contribution in [1.82, 2.24) is 10.2 Å². The topological polar surface area (TPSA) is 32.3 Å². The summed E-state index contributed by atoms with van der Waals surface area (Å²) in [7, 11) is 1.60. The predicted octanol–water partition coefficient (Wildman–Crippen LogP) is 2.34. The van der Waals surface area contributed by atoms with Gasteiger partial charge in [-0.25, -0.2) is 8.78 Å². The number of nitrogens with one attached hydrogen (secondary N) is 1. The molecule has 0 radical (unpaired) electrons. The summed E-state index contributed by atoms with van der Waals surface area (Å²) in [6, 6.07) is 2.48. The van der Waals surface area contributed by atoms with E-state index < -0.39 is 23.1 Å². The third kappa shape index (κ3) is 3.15. The van der Waals surface area contributed by atoms with Crippen LogP contribution >= 0.6 is 0 Å². The van der Waals surface area contributed by atoms with Gasteiger partial charge in [0, 0.05) is 13.6 Å². The highest BCUT2D eigenvalue weighted by Gasteiger charge is 2.24. The van der Waals surface area contributed by atoms with Crippen molar-refractivity contribution < 1.29 is 13.6 Å². The van der Waals surface area contributed by atoms with E-state index in [0.29, 0.717) is 12.5 Å². The number of rotatable bonds is 3. The second-order valence-electron chi connectivity index (χ2n) is 5.45. The van der Waals surface area contributed by atoms with E-state index in [1.165, 1.54) is 17.9 Å². The zero-order valence-corrected chi connectivity index (χ0v) is 11.9. The van der Waals surface area contributed by atoms with Crippen molar-refractivity contribution >= 4 is 5.91 Å². The van der Waals surface area contributed by atoms with Gasteiger partial charge >= 0.3 is 0 Å². The first-order valence-corrected chi connectivity index (χ1v) is 6.91. The van der Waals surface area contributed by atoms with Gasteiger partial charge < -0.3 is 10.2 Å². The average molecular weight is 282 g/mol. The van der Waals surface area contributed by atoms with Crippen LogP contribution in [0.1, 0.15) is 28.8 Å². The van der Waals surface area contributed by atoms with Crippen LogP contribution < -0.4 is 5.32 Å². The molecule has 1 aromatic rings. The second-order valence-corrected chi connectivity index (χ2v) is 5.45. The largest absolute Gasteiger partial charge is 0.341 e. The summed E-state index contributed by atoms with van der Waals surface area (Å²) in [6.07, 6.45) is 2.10. The van der Waals surface area contributed by atoms with Crippen LogP contribution in [0, 0.1) is 24.5 Å². The van der Waals surface area contributed by atoms with Gasteiger partial charge in [0.25, 0.3) is 5.91 Å². The van der Waals surface area contributed by atoms with Crippen LogP contribution in [0.15, 0.2) is 12.1 Å². The number of nitrogens with zero attached hydrogens (tertiary/aromatic N) is 1. The lowest BCUT2D eigenvalue weighted by molar-refractivity contribution is 0.0755. The molecule has 20 heavy (non-hydrogen) atoms. The Balaban J connectivity index is 2.12. The highest BCUT2D eigenvalue weighted by molar-refractivity contribution is 5.94. The van der Waals surface area contributed by atoms with Gasteiger partial charge in [0.15, 0.2) is 0 Å². The van der Waals surface area contributed by atoms with Crippen LogP contribution in [-0.2, 0) is 0 Å². The molecule has 3 nitrogen and oxygen atoms in total. The molecule has 5 heteroatoms. The third-order valence-electron chi connectivity index (χ3n) is 3.78. The summed E-state index contributed by atoms with van der Waals surface area (Å²) in [5.41, 5.74) is -0.168. The van der Waals surface area contributed by atoms with Gasteiger partial charge in [-0.3, -0.25) is 4.79 Å². The van der Waals surface area contributed by atoms with Gasteiger partial charge in [-0.2, -0.15) is 0 Å². The Morgan fingerprint density at radius 3 is 2.85 bits per heavy atom. The Morgan fingerprint density at radius 2 is 2.20 bits per heavy atom. The first kappa shape index (κ1) is 14.9. The highest BCUT2D eigenvalue weighted by Crippen LogP contribution is 2.19. The van der Waals surface area contributed by atoms with Crippen molar-refractivity contribution in [3.8, 4) is 0 Å². The molecule has 1 atom stereocenters. The first-order valence-electron chi connectivity index (χ1n) is 6.91. The molecule has 0 bridgehead atoms. The molecule has 1 fully saturated rings. The standard InChI is InChI=1S/C15H20F2N2O/c1-10-5-6-12(16)13(14(10)17)15(20)19(2)9-11-4-3-7-18-8-11/h5-6,11,18H,3-4,7-9H2,1-2H3. The van der Waals surface area contributed by atoms with Crippen molar-refractivity contribution in [2.24, 2.45) is 5.92 Å². The van der Waals surface area contributed by atoms with E-state index in [9.17, 15) is 13.6 Å². The van der Waals surface area contributed by atoms with Crippen LogP contribution in [0.4, 0.5) is 8.78 Å². The van der Waals surface area contributed by atoms with Gasteiger partial charge in [-0.05, 0) is 50.4 Å². The van der Waals surface area contributed by atoms with Crippen LogP contribution in [0.3, 0.4) is 0 Å². The lowest BCUT2D eigenvalue weighted by atomic mass is 9.99. The lowest BCUT2D eigenvalue weighted by Gasteiger charge is -2.28. The third-order valence-corrected chi connectivity index (χ3v) is 3.78. The fraction of sp³-hybridized carbons (Fsp3) is 0.533. The highest BCUT2D eigenvalue weighted by atomic mass is 19.1. The number of benzene rings is 1. The van der Waals surface area contributed by atoms with Crippen molar-refractivity contribution in [2.45, 2.75) is 19.8 Å². The van der Waals surface area contributed by atoms with Crippen molar-refractivity contribution in [3.05, 3.63) is 34.9 Å². The quantitative estimate of drug-likeness (QED) is 0.923. The van der Waals surface area contributed by atoms with E-state index in [0.717, 1.165) is 32.0 Å². The molecule has 0 aliphatic carbocycles. The molecule has 1 aliphatic heterocycles. The van der Waals surface area contributed by atoms with Gasteiger partial charge in [0.05, 0.1) is 0 Å². The molecule has 2 rings (SSSR count). The van der Waals surface area contributed by atoms with Crippen LogP contribution in [0.25, 0.3) is 0 Å². The minimum absolute atomic E-state index is 0.280. The molecule has 1 N–H and O–H groups in total. The molecule has 1 aliphatic rings. The summed E-state index contributed by atoms with van der Waals surface area (Å²) >= 11 is 0. The Morgan fingerprint density at radius 1 is 1.45 bits per heavy atom. The first-order chi connectivity index (χ1) is 9.50. The molecule has 110 valence electrons. The Bertz CT molecular complexity index is 499. The summed E-state index contributed by atoms with van der Waals surface area (Å²) < 4.78 is 27.7. The molecule has 0 saturated carbocycles. The van der Waals surface area contributed by atoms with Crippen LogP contribution in [0.2, 0.25) is 0 Å². The molecule has 1 heterocycles. The van der Waals surface area contributed by atoms with E-state index in [2.05, 4.69) is 5.32 Å². The van der Waals surface area contributed by atoms with Crippen molar-refractivity contribution in [1.29, 1.82) is 0 Å². The number of piperidine rings is 1. The van der Waals surface area contributed by atoms with Crippen molar-refractivity contribution in [2.75, 3.05) is 26.7 Å². The summed E-state index contributed by atoms with van der Waals surface area (Å²) in [5, 5.41) is 3.26. The van der Waals surface area contributed by atoms with E-state index in [1.807, 2.05) is 0 Å². The molecule has 1 saturated heterocycles. The SMILES string of the molecule is Cc1ccc(F)c(C(=O)N(C)CC2CCCNC2)c1F. The minimum Gasteiger partial charge on any atom is -0.341 e. The molecule has 0 aromatic heterocycles. The molecular weight excluding hydrogens is 262 g/mol. The molecule has 1 unspecified atom stereocenters. The van der Waals surface area contributed by atoms with E-state index in [4.69, 9.17) is 0 Å². The number of halogens is 2. The van der Waals surface area contributed by atoms with Crippen LogP contribution in [-0.4, -0.2) is 37.5 Å². The zero-order valence-electron chi connectivity index (χ0n) is 11.9. The second kappa shape index (κ2) is 6.31. The monoisotopic (exact) mass is 282 g/mol. The number of hydrogen-bond acceptors (Lipinski definition) is 2. The van der Waals surface area contributed by atoms with Crippen molar-refractivity contribution in [3.63, 3.8) is 0 Å². The van der Waals surface area contributed by atoms with E-state index in [-0.39, 0.29) is 5.56 Å². The summed E-state index contributed by atoms with van der Waals surface area (Å²) in [6.45, 7) is 3.88. The molecular formula is C15H20F2N2O. The number of carbonyl (C=O) groups excluding carboxylic acids is 1. The smallest absolute Gasteiger partial charge is 0.259 e. The Labute approximate surface area is 118 Å². The lowest BCUT2D eigenvalue weighted by Crippen LogP contribution is -2.39. The fourth-order valence-electron chi connectivity index (χ4n) is 2.59. The maximum atomic E-state index is 14.0. The fourth-order valence-corrected chi connectivity index (χ4v) is 2.59. The molecule has 0 spiro atoms. The average Bonchev–Trinajstić information content (AvgIpc) is 2.44. The zero-order chi connectivity index (χ0) is 14.7. The number of carbonyl (C=O) groups is 1.